The van der Waals surface area contributed by atoms with Crippen LogP contribution in [0.3, 0.4) is 0 Å². The van der Waals surface area contributed by atoms with Crippen LogP contribution in [0.1, 0.15) is 25.0 Å². The number of hydrogen-bond acceptors (Lipinski definition) is 4. The number of nitrogens with zero attached hydrogens (tertiary/aromatic N) is 1. The van der Waals surface area contributed by atoms with E-state index in [4.69, 9.17) is 9.47 Å². The summed E-state index contributed by atoms with van der Waals surface area (Å²) in [6.07, 6.45) is 4.81. The van der Waals surface area contributed by atoms with Crippen LogP contribution < -0.4 is 14.8 Å². The largest absolute Gasteiger partial charge is 0.493 e. The van der Waals surface area contributed by atoms with Gasteiger partial charge in [-0.2, -0.15) is 0 Å². The van der Waals surface area contributed by atoms with E-state index in [0.29, 0.717) is 0 Å². The average molecular weight is 300 g/mol. The summed E-state index contributed by atoms with van der Waals surface area (Å²) in [4.78, 5) is 4.12. The molecule has 1 heterocycles. The minimum absolute atomic E-state index is 0.136. The Hall–Kier alpha value is -2.07. The molecule has 0 aliphatic rings. The van der Waals surface area contributed by atoms with Gasteiger partial charge in [-0.05, 0) is 56.1 Å². The number of hydrogen-bond donors (Lipinski definition) is 1. The second kappa shape index (κ2) is 8.39. The fourth-order valence-electron chi connectivity index (χ4n) is 2.18. The van der Waals surface area contributed by atoms with E-state index in [0.717, 1.165) is 31.0 Å². The zero-order valence-electron chi connectivity index (χ0n) is 13.5. The maximum absolute atomic E-state index is 5.72. The van der Waals surface area contributed by atoms with Crippen molar-refractivity contribution in [1.82, 2.24) is 10.3 Å². The molecule has 0 atom stereocenters. The summed E-state index contributed by atoms with van der Waals surface area (Å²) < 4.78 is 11.1. The molecule has 4 heteroatoms. The Labute approximate surface area is 132 Å². The summed E-state index contributed by atoms with van der Waals surface area (Å²) in [5.74, 6) is 1.57. The summed E-state index contributed by atoms with van der Waals surface area (Å²) in [6, 6.07) is 10.1. The van der Waals surface area contributed by atoms with Gasteiger partial charge >= 0.3 is 0 Å². The highest BCUT2D eigenvalue weighted by atomic mass is 16.5. The van der Waals surface area contributed by atoms with Crippen LogP contribution in [0.2, 0.25) is 0 Å². The first kappa shape index (κ1) is 16.3. The number of rotatable bonds is 8. The Kier molecular flexibility index (Phi) is 6.22. The van der Waals surface area contributed by atoms with Crippen molar-refractivity contribution >= 4 is 0 Å². The maximum Gasteiger partial charge on any atom is 0.161 e. The molecular formula is C18H24N2O2. The molecule has 1 N–H and O–H groups in total. The molecule has 1 aromatic carbocycles. The zero-order valence-corrected chi connectivity index (χ0v) is 13.5. The molecule has 0 unspecified atom stereocenters. The zero-order chi connectivity index (χ0) is 15.8. The molecule has 0 aliphatic carbocycles. The van der Waals surface area contributed by atoms with Gasteiger partial charge in [-0.1, -0.05) is 12.1 Å². The lowest BCUT2D eigenvalue weighted by atomic mass is 10.2. The number of aromatic nitrogens is 1. The van der Waals surface area contributed by atoms with Crippen molar-refractivity contribution < 1.29 is 9.47 Å². The molecule has 0 radical (unpaired) electrons. The summed E-state index contributed by atoms with van der Waals surface area (Å²) in [5, 5.41) is 3.44. The number of nitrogens with one attached hydrogen (secondary N) is 1. The Morgan fingerprint density at radius 2 is 2.00 bits per heavy atom. The van der Waals surface area contributed by atoms with Crippen molar-refractivity contribution in [2.45, 2.75) is 32.9 Å². The average Bonchev–Trinajstić information content (AvgIpc) is 2.53. The lowest BCUT2D eigenvalue weighted by molar-refractivity contribution is 0.230. The van der Waals surface area contributed by atoms with Crippen molar-refractivity contribution in [3.05, 3.63) is 53.9 Å². The summed E-state index contributed by atoms with van der Waals surface area (Å²) in [5.41, 5.74) is 2.42. The smallest absolute Gasteiger partial charge is 0.161 e. The van der Waals surface area contributed by atoms with Crippen LogP contribution >= 0.6 is 0 Å². The second-order valence-electron chi connectivity index (χ2n) is 5.44. The fraction of sp³-hybridized carbons (Fsp3) is 0.389. The number of ether oxygens (including phenoxy) is 2. The molecule has 2 aromatic rings. The molecule has 118 valence electrons. The van der Waals surface area contributed by atoms with Gasteiger partial charge in [-0.3, -0.25) is 4.98 Å². The second-order valence-corrected chi connectivity index (χ2v) is 5.44. The number of benzene rings is 1. The van der Waals surface area contributed by atoms with E-state index in [1.165, 1.54) is 11.1 Å². The molecular weight excluding hydrogens is 276 g/mol. The van der Waals surface area contributed by atoms with Crippen LogP contribution in [0.5, 0.6) is 11.5 Å². The molecule has 0 saturated heterocycles. The molecule has 0 fully saturated rings. The Morgan fingerprint density at radius 3 is 2.68 bits per heavy atom. The van der Waals surface area contributed by atoms with Crippen molar-refractivity contribution in [1.29, 1.82) is 0 Å². The van der Waals surface area contributed by atoms with Gasteiger partial charge in [0.05, 0.1) is 13.2 Å². The van der Waals surface area contributed by atoms with E-state index >= 15 is 0 Å². The van der Waals surface area contributed by atoms with E-state index in [2.05, 4.69) is 22.4 Å². The molecule has 0 spiro atoms. The topological polar surface area (TPSA) is 43.4 Å². The minimum atomic E-state index is 0.136. The van der Waals surface area contributed by atoms with Crippen LogP contribution in [-0.2, 0) is 13.0 Å². The Balaban J connectivity index is 1.85. The third-order valence-electron chi connectivity index (χ3n) is 3.23. The monoisotopic (exact) mass is 300 g/mol. The van der Waals surface area contributed by atoms with Crippen molar-refractivity contribution in [3.63, 3.8) is 0 Å². The van der Waals surface area contributed by atoms with Crippen molar-refractivity contribution in [3.8, 4) is 11.5 Å². The Bertz CT molecular complexity index is 571. The van der Waals surface area contributed by atoms with Crippen LogP contribution in [0.25, 0.3) is 0 Å². The third-order valence-corrected chi connectivity index (χ3v) is 3.23. The van der Waals surface area contributed by atoms with Crippen molar-refractivity contribution in [2.75, 3.05) is 13.7 Å². The van der Waals surface area contributed by atoms with Gasteiger partial charge in [-0.15, -0.1) is 0 Å². The predicted molar refractivity (Wildman–Crippen MR) is 88.4 cm³/mol. The van der Waals surface area contributed by atoms with E-state index in [1.54, 1.807) is 13.3 Å². The highest BCUT2D eigenvalue weighted by Crippen LogP contribution is 2.28. The quantitative estimate of drug-likeness (QED) is 0.760. The van der Waals surface area contributed by atoms with E-state index in [-0.39, 0.29) is 6.10 Å². The van der Waals surface area contributed by atoms with Crippen LogP contribution in [-0.4, -0.2) is 24.7 Å². The number of methoxy groups -OCH3 is 1. The summed E-state index contributed by atoms with van der Waals surface area (Å²) in [7, 11) is 1.67. The molecule has 0 amide bonds. The van der Waals surface area contributed by atoms with E-state index in [9.17, 15) is 0 Å². The standard InChI is InChI=1S/C18H24N2O2/c1-14(2)22-17-7-6-16(11-18(17)21-3)13-20-10-8-15-5-4-9-19-12-15/h4-7,9,11-12,14,20H,8,10,13H2,1-3H3. The maximum atomic E-state index is 5.72. The molecule has 1 aromatic heterocycles. The Morgan fingerprint density at radius 1 is 1.14 bits per heavy atom. The van der Waals surface area contributed by atoms with Gasteiger partial charge in [0.25, 0.3) is 0 Å². The molecule has 0 saturated carbocycles. The minimum Gasteiger partial charge on any atom is -0.493 e. The van der Waals surface area contributed by atoms with Crippen LogP contribution in [0.15, 0.2) is 42.7 Å². The van der Waals surface area contributed by atoms with Crippen LogP contribution in [0.4, 0.5) is 0 Å². The lowest BCUT2D eigenvalue weighted by Gasteiger charge is -2.14. The molecule has 0 aliphatic heterocycles. The van der Waals surface area contributed by atoms with Crippen molar-refractivity contribution in [2.24, 2.45) is 0 Å². The van der Waals surface area contributed by atoms with Gasteiger partial charge in [0, 0.05) is 18.9 Å². The molecule has 2 rings (SSSR count). The summed E-state index contributed by atoms with van der Waals surface area (Å²) >= 11 is 0. The normalized spacial score (nSPS) is 10.7. The molecule has 0 bridgehead atoms. The molecule has 4 nitrogen and oxygen atoms in total. The van der Waals surface area contributed by atoms with Gasteiger partial charge in [0.15, 0.2) is 11.5 Å². The highest BCUT2D eigenvalue weighted by molar-refractivity contribution is 5.43. The lowest BCUT2D eigenvalue weighted by Crippen LogP contribution is -2.17. The molecule has 22 heavy (non-hydrogen) atoms. The van der Waals surface area contributed by atoms with Gasteiger partial charge in [-0.25, -0.2) is 0 Å². The first-order valence-electron chi connectivity index (χ1n) is 7.62. The van der Waals surface area contributed by atoms with Gasteiger partial charge in [0.1, 0.15) is 0 Å². The van der Waals surface area contributed by atoms with E-state index in [1.807, 2.05) is 38.2 Å². The predicted octanol–water partition coefficient (Wildman–Crippen LogP) is 3.21. The van der Waals surface area contributed by atoms with Gasteiger partial charge < -0.3 is 14.8 Å². The van der Waals surface area contributed by atoms with Gasteiger partial charge in [0.2, 0.25) is 0 Å². The fourth-order valence-corrected chi connectivity index (χ4v) is 2.18. The SMILES string of the molecule is COc1cc(CNCCc2cccnc2)ccc1OC(C)C. The number of pyridine rings is 1. The highest BCUT2D eigenvalue weighted by Gasteiger charge is 2.07. The third kappa shape index (κ3) is 5.04. The first-order valence-corrected chi connectivity index (χ1v) is 7.62. The van der Waals surface area contributed by atoms with E-state index < -0.39 is 0 Å². The summed E-state index contributed by atoms with van der Waals surface area (Å²) in [6.45, 7) is 5.73. The first-order chi connectivity index (χ1) is 10.7. The van der Waals surface area contributed by atoms with Crippen LogP contribution in [0, 0.1) is 0 Å².